The molecule has 0 fully saturated rings. The van der Waals surface area contributed by atoms with Crippen LogP contribution >= 0.6 is 0 Å². The van der Waals surface area contributed by atoms with Gasteiger partial charge in [-0.2, -0.15) is 0 Å². The number of amides is 3. The predicted octanol–water partition coefficient (Wildman–Crippen LogP) is 2.36. The van der Waals surface area contributed by atoms with Crippen molar-refractivity contribution in [1.29, 1.82) is 0 Å². The van der Waals surface area contributed by atoms with Gasteiger partial charge >= 0.3 is 12.0 Å². The molecule has 3 N–H and O–H groups in total. The number of hydrogen-bond donors (Lipinski definition) is 3. The van der Waals surface area contributed by atoms with Gasteiger partial charge in [0.1, 0.15) is 0 Å². The van der Waals surface area contributed by atoms with Crippen molar-refractivity contribution in [3.63, 3.8) is 0 Å². The molecule has 1 aromatic rings. The monoisotopic (exact) mass is 363 g/mol. The number of carbonyl (C=O) groups excluding carboxylic acids is 3. The number of carbonyl (C=O) groups is 3. The Labute approximate surface area is 154 Å². The number of benzene rings is 1. The summed E-state index contributed by atoms with van der Waals surface area (Å²) in [5.74, 6) is -0.850. The molecule has 0 spiro atoms. The van der Waals surface area contributed by atoms with E-state index >= 15 is 0 Å². The quantitative estimate of drug-likeness (QED) is 0.439. The van der Waals surface area contributed by atoms with Gasteiger partial charge in [-0.05, 0) is 38.0 Å². The Kier molecular flexibility index (Phi) is 9.82. The van der Waals surface area contributed by atoms with Gasteiger partial charge in [-0.25, -0.2) is 9.59 Å². The van der Waals surface area contributed by atoms with E-state index in [-0.39, 0.29) is 24.6 Å². The van der Waals surface area contributed by atoms with Crippen LogP contribution in [0.3, 0.4) is 0 Å². The lowest BCUT2D eigenvalue weighted by Gasteiger charge is -2.10. The van der Waals surface area contributed by atoms with E-state index in [9.17, 15) is 14.4 Å². The highest BCUT2D eigenvalue weighted by Crippen LogP contribution is 2.06. The van der Waals surface area contributed by atoms with E-state index in [1.165, 1.54) is 0 Å². The molecule has 0 radical (unpaired) electrons. The lowest BCUT2D eigenvalue weighted by Crippen LogP contribution is -2.39. The van der Waals surface area contributed by atoms with Gasteiger partial charge in [0.15, 0.2) is 6.61 Å². The van der Waals surface area contributed by atoms with Crippen LogP contribution in [0.25, 0.3) is 0 Å². The van der Waals surface area contributed by atoms with Gasteiger partial charge in [-0.1, -0.05) is 31.9 Å². The molecule has 7 nitrogen and oxygen atoms in total. The summed E-state index contributed by atoms with van der Waals surface area (Å²) in [5, 5.41) is 8.17. The van der Waals surface area contributed by atoms with E-state index in [0.29, 0.717) is 18.7 Å². The molecule has 0 saturated heterocycles. The van der Waals surface area contributed by atoms with Gasteiger partial charge in [0, 0.05) is 19.1 Å². The minimum atomic E-state index is -0.550. The van der Waals surface area contributed by atoms with Gasteiger partial charge in [0.25, 0.3) is 5.91 Å². The Hall–Kier alpha value is -2.57. The summed E-state index contributed by atoms with van der Waals surface area (Å²) in [4.78, 5) is 35.1. The van der Waals surface area contributed by atoms with Crippen LogP contribution in [0, 0.1) is 0 Å². The maximum absolute atomic E-state index is 11.9. The number of esters is 1. The highest BCUT2D eigenvalue weighted by Gasteiger charge is 2.10. The predicted molar refractivity (Wildman–Crippen MR) is 99.8 cm³/mol. The molecule has 26 heavy (non-hydrogen) atoms. The van der Waals surface area contributed by atoms with Gasteiger partial charge < -0.3 is 20.7 Å². The third-order valence-corrected chi connectivity index (χ3v) is 3.50. The average Bonchev–Trinajstić information content (AvgIpc) is 2.61. The SMILES string of the molecule is CCCCCNC(=O)COC(=O)c1ccc(CNC(=O)NC(C)C)cc1. The topological polar surface area (TPSA) is 96.5 Å². The van der Waals surface area contributed by atoms with Crippen molar-refractivity contribution >= 4 is 17.9 Å². The van der Waals surface area contributed by atoms with Crippen LogP contribution in [0.2, 0.25) is 0 Å². The average molecular weight is 363 g/mol. The zero-order valence-corrected chi connectivity index (χ0v) is 15.8. The van der Waals surface area contributed by atoms with Crippen LogP contribution in [0.15, 0.2) is 24.3 Å². The van der Waals surface area contributed by atoms with Gasteiger partial charge in [-0.15, -0.1) is 0 Å². The summed E-state index contributed by atoms with van der Waals surface area (Å²) < 4.78 is 5.00. The van der Waals surface area contributed by atoms with Crippen molar-refractivity contribution in [2.45, 2.75) is 52.6 Å². The van der Waals surface area contributed by atoms with Crippen molar-refractivity contribution in [2.75, 3.05) is 13.2 Å². The van der Waals surface area contributed by atoms with E-state index in [1.54, 1.807) is 24.3 Å². The van der Waals surface area contributed by atoms with Crippen LogP contribution < -0.4 is 16.0 Å². The van der Waals surface area contributed by atoms with Crippen LogP contribution in [0.5, 0.6) is 0 Å². The molecule has 0 bridgehead atoms. The zero-order valence-electron chi connectivity index (χ0n) is 15.8. The molecule has 1 rings (SSSR count). The first-order valence-corrected chi connectivity index (χ1v) is 8.99. The second-order valence-corrected chi connectivity index (χ2v) is 6.31. The van der Waals surface area contributed by atoms with Crippen molar-refractivity contribution in [3.05, 3.63) is 35.4 Å². The zero-order chi connectivity index (χ0) is 19.4. The second-order valence-electron chi connectivity index (χ2n) is 6.31. The first-order valence-electron chi connectivity index (χ1n) is 8.99. The molecule has 7 heteroatoms. The molecule has 0 aliphatic heterocycles. The Morgan fingerprint density at radius 3 is 2.35 bits per heavy atom. The number of hydrogen-bond acceptors (Lipinski definition) is 4. The number of ether oxygens (including phenoxy) is 1. The first-order chi connectivity index (χ1) is 12.4. The van der Waals surface area contributed by atoms with Crippen LogP contribution in [-0.2, 0) is 16.1 Å². The van der Waals surface area contributed by atoms with Gasteiger partial charge in [0.2, 0.25) is 0 Å². The maximum atomic E-state index is 11.9. The van der Waals surface area contributed by atoms with E-state index in [2.05, 4.69) is 22.9 Å². The number of unbranched alkanes of at least 4 members (excludes halogenated alkanes) is 2. The summed E-state index contributed by atoms with van der Waals surface area (Å²) in [5.41, 5.74) is 1.22. The third-order valence-electron chi connectivity index (χ3n) is 3.50. The fraction of sp³-hybridized carbons (Fsp3) is 0.526. The van der Waals surface area contributed by atoms with Crippen LogP contribution in [0.4, 0.5) is 4.79 Å². The smallest absolute Gasteiger partial charge is 0.338 e. The van der Waals surface area contributed by atoms with E-state index in [1.807, 2.05) is 13.8 Å². The molecular formula is C19H29N3O4. The fourth-order valence-corrected chi connectivity index (χ4v) is 2.12. The maximum Gasteiger partial charge on any atom is 0.338 e. The summed E-state index contributed by atoms with van der Waals surface area (Å²) in [6.07, 6.45) is 3.06. The summed E-state index contributed by atoms with van der Waals surface area (Å²) in [7, 11) is 0. The van der Waals surface area contributed by atoms with Crippen LogP contribution in [0.1, 0.15) is 56.0 Å². The van der Waals surface area contributed by atoms with E-state index in [4.69, 9.17) is 4.74 Å². The molecule has 0 aliphatic carbocycles. The van der Waals surface area contributed by atoms with Crippen molar-refractivity contribution in [1.82, 2.24) is 16.0 Å². The summed E-state index contributed by atoms with van der Waals surface area (Å²) in [6.45, 7) is 6.51. The number of urea groups is 1. The lowest BCUT2D eigenvalue weighted by atomic mass is 10.1. The Morgan fingerprint density at radius 1 is 1.04 bits per heavy atom. The Bertz CT molecular complexity index is 585. The first kappa shape index (κ1) is 21.5. The second kappa shape index (κ2) is 11.9. The largest absolute Gasteiger partial charge is 0.452 e. The molecular weight excluding hydrogens is 334 g/mol. The van der Waals surface area contributed by atoms with Crippen molar-refractivity contribution in [3.8, 4) is 0 Å². The number of nitrogens with one attached hydrogen (secondary N) is 3. The molecule has 0 aromatic heterocycles. The minimum absolute atomic E-state index is 0.0657. The van der Waals surface area contributed by atoms with Crippen LogP contribution in [-0.4, -0.2) is 37.1 Å². The highest BCUT2D eigenvalue weighted by molar-refractivity contribution is 5.91. The Balaban J connectivity index is 2.34. The molecule has 3 amide bonds. The molecule has 0 atom stereocenters. The minimum Gasteiger partial charge on any atom is -0.452 e. The molecule has 0 aliphatic rings. The molecule has 144 valence electrons. The third kappa shape index (κ3) is 9.05. The van der Waals surface area contributed by atoms with E-state index in [0.717, 1.165) is 24.8 Å². The normalized spacial score (nSPS) is 10.3. The molecule has 0 unspecified atom stereocenters. The number of rotatable bonds is 10. The van der Waals surface area contributed by atoms with Gasteiger partial charge in [0.05, 0.1) is 5.56 Å². The standard InChI is InChI=1S/C19H29N3O4/c1-4-5-6-11-20-17(23)13-26-18(24)16-9-7-15(8-10-16)12-21-19(25)22-14(2)3/h7-10,14H,4-6,11-13H2,1-3H3,(H,20,23)(H2,21,22,25). The van der Waals surface area contributed by atoms with E-state index < -0.39 is 5.97 Å². The summed E-state index contributed by atoms with van der Waals surface area (Å²) >= 11 is 0. The fourth-order valence-electron chi connectivity index (χ4n) is 2.12. The molecule has 1 aromatic carbocycles. The molecule has 0 heterocycles. The highest BCUT2D eigenvalue weighted by atomic mass is 16.5. The molecule has 0 saturated carbocycles. The van der Waals surface area contributed by atoms with Crippen molar-refractivity contribution < 1.29 is 19.1 Å². The van der Waals surface area contributed by atoms with Crippen molar-refractivity contribution in [2.24, 2.45) is 0 Å². The van der Waals surface area contributed by atoms with Gasteiger partial charge in [-0.3, -0.25) is 4.79 Å². The Morgan fingerprint density at radius 2 is 1.73 bits per heavy atom. The lowest BCUT2D eigenvalue weighted by molar-refractivity contribution is -0.124. The summed E-state index contributed by atoms with van der Waals surface area (Å²) in [6, 6.07) is 6.51.